The number of fused-ring (bicyclic) bond motifs is 2. The first-order valence-electron chi connectivity index (χ1n) is 4.29. The van der Waals surface area contributed by atoms with Crippen LogP contribution in [0.5, 0.6) is 0 Å². The molecule has 0 aromatic carbocycles. The van der Waals surface area contributed by atoms with Crippen LogP contribution in [0.15, 0.2) is 10.6 Å². The molecule has 1 fully saturated rings. The van der Waals surface area contributed by atoms with E-state index >= 15 is 0 Å². The molecular weight excluding hydrogens is 252 g/mol. The van der Waals surface area contributed by atoms with Gasteiger partial charge in [0.2, 0.25) is 0 Å². The number of rotatable bonds is 1. The third-order valence-corrected chi connectivity index (χ3v) is 3.27. The molecule has 3 rings (SSSR count). The van der Waals surface area contributed by atoms with Crippen LogP contribution in [0, 0.1) is 11.8 Å². The molecule has 1 aliphatic carbocycles. The summed E-state index contributed by atoms with van der Waals surface area (Å²) in [6, 6.07) is 0. The minimum absolute atomic E-state index is 0.252. The maximum atomic E-state index is 11.3. The highest BCUT2D eigenvalue weighted by atomic mass is 79.9. The lowest BCUT2D eigenvalue weighted by Crippen LogP contribution is -2.45. The number of carbonyl (C=O) groups excluding carboxylic acids is 2. The summed E-state index contributed by atoms with van der Waals surface area (Å²) in [7, 11) is 1.34. The zero-order chi connectivity index (χ0) is 10.3. The van der Waals surface area contributed by atoms with Crippen molar-refractivity contribution in [1.82, 2.24) is 0 Å². The van der Waals surface area contributed by atoms with Crippen LogP contribution < -0.4 is 0 Å². The first-order chi connectivity index (χ1) is 6.63. The van der Waals surface area contributed by atoms with E-state index in [1.807, 2.05) is 0 Å². The number of carbonyl (C=O) groups is 2. The highest BCUT2D eigenvalue weighted by Crippen LogP contribution is 2.40. The lowest BCUT2D eigenvalue weighted by atomic mass is 9.82. The van der Waals surface area contributed by atoms with Crippen molar-refractivity contribution >= 4 is 27.9 Å². The van der Waals surface area contributed by atoms with Crippen molar-refractivity contribution in [3.05, 3.63) is 10.6 Å². The van der Waals surface area contributed by atoms with Crippen molar-refractivity contribution < 1.29 is 19.1 Å². The number of hydrogen-bond donors (Lipinski definition) is 0. The number of esters is 2. The summed E-state index contributed by atoms with van der Waals surface area (Å²) in [5, 5.41) is 0. The lowest BCUT2D eigenvalue weighted by molar-refractivity contribution is -0.170. The maximum Gasteiger partial charge on any atom is 0.313 e. The first kappa shape index (κ1) is 9.71. The highest BCUT2D eigenvalue weighted by Gasteiger charge is 2.46. The van der Waals surface area contributed by atoms with Crippen molar-refractivity contribution in [2.75, 3.05) is 7.11 Å². The summed E-state index contributed by atoms with van der Waals surface area (Å²) < 4.78 is 10.5. The molecule has 1 saturated heterocycles. The van der Waals surface area contributed by atoms with Crippen LogP contribution in [0.2, 0.25) is 0 Å². The molecule has 2 heterocycles. The zero-order valence-electron chi connectivity index (χ0n) is 7.53. The molecule has 0 N–H and O–H groups in total. The van der Waals surface area contributed by atoms with Crippen LogP contribution >= 0.6 is 15.9 Å². The quantitative estimate of drug-likeness (QED) is 0.661. The van der Waals surface area contributed by atoms with E-state index in [2.05, 4.69) is 20.7 Å². The Bertz CT molecular complexity index is 323. The summed E-state index contributed by atoms with van der Waals surface area (Å²) in [5.74, 6) is -1.24. The molecule has 3 aliphatic rings. The smallest absolute Gasteiger partial charge is 0.313 e. The van der Waals surface area contributed by atoms with Gasteiger partial charge >= 0.3 is 11.9 Å². The van der Waals surface area contributed by atoms with Crippen LogP contribution in [0.3, 0.4) is 0 Å². The summed E-state index contributed by atoms with van der Waals surface area (Å²) in [6.07, 6.45) is 1.81. The predicted octanol–water partition coefficient (Wildman–Crippen LogP) is 1.000. The minimum atomic E-state index is -0.486. The third-order valence-electron chi connectivity index (χ3n) is 2.56. The second-order valence-electron chi connectivity index (χ2n) is 3.38. The molecule has 14 heavy (non-hydrogen) atoms. The summed E-state index contributed by atoms with van der Waals surface area (Å²) in [6.45, 7) is 0. The van der Waals surface area contributed by atoms with Gasteiger partial charge in [0, 0.05) is 4.48 Å². The number of halogens is 1. The second-order valence-corrected chi connectivity index (χ2v) is 4.30. The molecule has 0 saturated carbocycles. The van der Waals surface area contributed by atoms with Crippen molar-refractivity contribution in [3.8, 4) is 0 Å². The van der Waals surface area contributed by atoms with Gasteiger partial charge in [0.05, 0.1) is 18.9 Å². The van der Waals surface area contributed by atoms with E-state index < -0.39 is 6.10 Å². The van der Waals surface area contributed by atoms with Crippen LogP contribution in [0.4, 0.5) is 0 Å². The fraction of sp³-hybridized carbons (Fsp3) is 0.556. The molecule has 2 bridgehead atoms. The van der Waals surface area contributed by atoms with Crippen molar-refractivity contribution in [2.45, 2.75) is 12.5 Å². The van der Waals surface area contributed by atoms with Gasteiger partial charge in [0.1, 0.15) is 6.10 Å². The van der Waals surface area contributed by atoms with Gasteiger partial charge in [0.15, 0.2) is 0 Å². The Kier molecular flexibility index (Phi) is 2.34. The Morgan fingerprint density at radius 2 is 2.43 bits per heavy atom. The number of hydrogen-bond acceptors (Lipinski definition) is 4. The van der Waals surface area contributed by atoms with E-state index in [1.54, 1.807) is 6.08 Å². The molecular formula is C9H9BrO4. The highest BCUT2D eigenvalue weighted by molar-refractivity contribution is 9.11. The van der Waals surface area contributed by atoms with E-state index in [-0.39, 0.29) is 23.8 Å². The first-order valence-corrected chi connectivity index (χ1v) is 5.08. The van der Waals surface area contributed by atoms with Crippen LogP contribution in [0.1, 0.15) is 6.42 Å². The summed E-state index contributed by atoms with van der Waals surface area (Å²) in [5.41, 5.74) is 0. The Hall–Kier alpha value is -0.840. The van der Waals surface area contributed by atoms with E-state index in [0.29, 0.717) is 6.42 Å². The van der Waals surface area contributed by atoms with Crippen LogP contribution in [0.25, 0.3) is 0 Å². The average Bonchev–Trinajstić information content (AvgIpc) is 2.18. The van der Waals surface area contributed by atoms with Crippen molar-refractivity contribution in [1.29, 1.82) is 0 Å². The van der Waals surface area contributed by atoms with E-state index in [4.69, 9.17) is 4.74 Å². The number of ether oxygens (including phenoxy) is 2. The molecule has 2 aliphatic heterocycles. The van der Waals surface area contributed by atoms with Crippen LogP contribution in [-0.2, 0) is 19.1 Å². The summed E-state index contributed by atoms with van der Waals surface area (Å²) in [4.78, 5) is 22.6. The maximum absolute atomic E-state index is 11.3. The minimum Gasteiger partial charge on any atom is -0.469 e. The van der Waals surface area contributed by atoms with E-state index in [9.17, 15) is 9.59 Å². The fourth-order valence-electron chi connectivity index (χ4n) is 1.83. The molecule has 4 nitrogen and oxygen atoms in total. The van der Waals surface area contributed by atoms with Gasteiger partial charge in [-0.2, -0.15) is 0 Å². The zero-order valence-corrected chi connectivity index (χ0v) is 9.11. The molecule has 0 unspecified atom stereocenters. The molecule has 3 atom stereocenters. The Balaban J connectivity index is 2.25. The van der Waals surface area contributed by atoms with Gasteiger partial charge in [0.25, 0.3) is 0 Å². The number of methoxy groups -OCH3 is 1. The van der Waals surface area contributed by atoms with Crippen molar-refractivity contribution in [3.63, 3.8) is 0 Å². The van der Waals surface area contributed by atoms with E-state index in [0.717, 1.165) is 4.48 Å². The molecule has 0 aromatic rings. The molecule has 0 amide bonds. The molecule has 5 heteroatoms. The van der Waals surface area contributed by atoms with Crippen molar-refractivity contribution in [2.24, 2.45) is 11.8 Å². The standard InChI is InChI=1S/C9H9BrO4/c1-13-9(12)5-2-4-3-6(10)7(5)14-8(4)11/h3-5,7H,2H2,1H3/t4-,5-,7+/m1/s1. The third kappa shape index (κ3) is 1.35. The van der Waals surface area contributed by atoms with Gasteiger partial charge in [-0.1, -0.05) is 22.0 Å². The lowest BCUT2D eigenvalue weighted by Gasteiger charge is -2.37. The second kappa shape index (κ2) is 3.38. The summed E-state index contributed by atoms with van der Waals surface area (Å²) >= 11 is 3.29. The molecule has 0 radical (unpaired) electrons. The largest absolute Gasteiger partial charge is 0.469 e. The predicted molar refractivity (Wildman–Crippen MR) is 50.5 cm³/mol. The Morgan fingerprint density at radius 3 is 3.00 bits per heavy atom. The average molecular weight is 261 g/mol. The van der Waals surface area contributed by atoms with Gasteiger partial charge in [-0.25, -0.2) is 0 Å². The molecule has 76 valence electrons. The Morgan fingerprint density at radius 1 is 1.71 bits per heavy atom. The Labute approximate surface area is 89.4 Å². The van der Waals surface area contributed by atoms with Gasteiger partial charge in [-0.3, -0.25) is 9.59 Å². The fourth-order valence-corrected chi connectivity index (χ4v) is 2.56. The molecule has 0 spiro atoms. The van der Waals surface area contributed by atoms with Crippen LogP contribution in [-0.4, -0.2) is 25.2 Å². The van der Waals surface area contributed by atoms with Gasteiger partial charge in [-0.05, 0) is 6.42 Å². The molecule has 0 aromatic heterocycles. The van der Waals surface area contributed by atoms with E-state index in [1.165, 1.54) is 7.11 Å². The normalized spacial score (nSPS) is 34.9. The SMILES string of the molecule is COC(=O)[C@@H]1C[C@@H]2C=C(Br)[C@H]1OC2=O. The van der Waals surface area contributed by atoms with Gasteiger partial charge < -0.3 is 9.47 Å². The topological polar surface area (TPSA) is 52.6 Å². The monoisotopic (exact) mass is 260 g/mol. The van der Waals surface area contributed by atoms with Gasteiger partial charge in [-0.15, -0.1) is 0 Å².